The quantitative estimate of drug-likeness (QED) is 0.768. The normalized spacial score (nSPS) is 16.8. The molecule has 3 rings (SSSR count). The van der Waals surface area contributed by atoms with E-state index in [0.29, 0.717) is 23.8 Å². The van der Waals surface area contributed by atoms with Crippen molar-refractivity contribution in [2.45, 2.75) is 11.6 Å². The Morgan fingerprint density at radius 3 is 2.64 bits per heavy atom. The minimum absolute atomic E-state index is 0.0946. The lowest BCUT2D eigenvalue weighted by molar-refractivity contribution is -0.137. The number of hydrogen-bond donors (Lipinski definition) is 1. The van der Waals surface area contributed by atoms with Gasteiger partial charge < -0.3 is 19.7 Å². The van der Waals surface area contributed by atoms with Gasteiger partial charge in [0.1, 0.15) is 16.9 Å². The Hall–Kier alpha value is -2.55. The minimum atomic E-state index is -4.47. The second-order valence-corrected chi connectivity index (χ2v) is 7.22. The first-order valence-electron chi connectivity index (χ1n) is 8.42. The van der Waals surface area contributed by atoms with Crippen molar-refractivity contribution in [3.63, 3.8) is 0 Å². The van der Waals surface area contributed by atoms with E-state index in [1.165, 1.54) is 19.2 Å². The van der Waals surface area contributed by atoms with E-state index < -0.39 is 17.8 Å². The summed E-state index contributed by atoms with van der Waals surface area (Å²) in [5, 5.41) is 2.25. The maximum atomic E-state index is 12.9. The molecule has 0 saturated carbocycles. The molecule has 2 aromatic rings. The highest BCUT2D eigenvalue weighted by molar-refractivity contribution is 7.99. The molecule has 1 saturated heterocycles. The second kappa shape index (κ2) is 8.22. The summed E-state index contributed by atoms with van der Waals surface area (Å²) in [4.78, 5) is 14.3. The highest BCUT2D eigenvalue weighted by Crippen LogP contribution is 2.43. The van der Waals surface area contributed by atoms with Gasteiger partial charge in [-0.05, 0) is 30.3 Å². The Morgan fingerprint density at radius 1 is 1.18 bits per heavy atom. The Bertz CT molecular complexity index is 861. The number of methoxy groups -OCH3 is 2. The first-order chi connectivity index (χ1) is 13.3. The van der Waals surface area contributed by atoms with Crippen LogP contribution in [0.1, 0.15) is 16.5 Å². The summed E-state index contributed by atoms with van der Waals surface area (Å²) in [7, 11) is 3.08. The van der Waals surface area contributed by atoms with Crippen LogP contribution in [0.3, 0.4) is 0 Å². The molecular weight excluding hydrogens is 393 g/mol. The number of nitrogens with zero attached hydrogens (tertiary/aromatic N) is 1. The van der Waals surface area contributed by atoms with Crippen molar-refractivity contribution in [1.29, 1.82) is 0 Å². The molecule has 1 aliphatic heterocycles. The summed E-state index contributed by atoms with van der Waals surface area (Å²) in [6.45, 7) is 0.468. The van der Waals surface area contributed by atoms with Gasteiger partial charge >= 0.3 is 12.2 Å². The van der Waals surface area contributed by atoms with Gasteiger partial charge in [-0.2, -0.15) is 13.2 Å². The third-order valence-electron chi connectivity index (χ3n) is 4.30. The number of urea groups is 1. The first kappa shape index (κ1) is 20.2. The van der Waals surface area contributed by atoms with Crippen molar-refractivity contribution in [3.05, 3.63) is 53.6 Å². The van der Waals surface area contributed by atoms with Gasteiger partial charge in [-0.15, -0.1) is 11.8 Å². The lowest BCUT2D eigenvalue weighted by Crippen LogP contribution is -2.34. The van der Waals surface area contributed by atoms with Crippen LogP contribution in [-0.2, 0) is 6.18 Å². The number of carbonyl (C=O) groups is 1. The molecule has 28 heavy (non-hydrogen) atoms. The molecule has 150 valence electrons. The van der Waals surface area contributed by atoms with Crippen molar-refractivity contribution >= 4 is 23.5 Å². The number of carbonyl (C=O) groups excluding carboxylic acids is 1. The van der Waals surface area contributed by atoms with Gasteiger partial charge in [0, 0.05) is 29.6 Å². The number of amides is 2. The number of thioether (sulfide) groups is 1. The SMILES string of the molecule is COc1ccc(C2SCCN2C(=O)Nc2cccc(C(F)(F)F)c2)c(OC)c1. The van der Waals surface area contributed by atoms with E-state index in [1.54, 1.807) is 35.9 Å². The van der Waals surface area contributed by atoms with Crippen LogP contribution < -0.4 is 14.8 Å². The van der Waals surface area contributed by atoms with Crippen LogP contribution >= 0.6 is 11.8 Å². The number of rotatable bonds is 4. The summed E-state index contributed by atoms with van der Waals surface area (Å²) in [5.41, 5.74) is 0.0802. The molecule has 9 heteroatoms. The maximum absolute atomic E-state index is 12.9. The zero-order chi connectivity index (χ0) is 20.3. The fourth-order valence-corrected chi connectivity index (χ4v) is 4.21. The molecule has 5 nitrogen and oxygen atoms in total. The predicted molar refractivity (Wildman–Crippen MR) is 102 cm³/mol. The molecule has 0 bridgehead atoms. The van der Waals surface area contributed by atoms with Gasteiger partial charge in [0.05, 0.1) is 19.8 Å². The summed E-state index contributed by atoms with van der Waals surface area (Å²) < 4.78 is 49.3. The van der Waals surface area contributed by atoms with E-state index in [4.69, 9.17) is 9.47 Å². The maximum Gasteiger partial charge on any atom is 0.416 e. The van der Waals surface area contributed by atoms with Crippen LogP contribution in [0.15, 0.2) is 42.5 Å². The summed E-state index contributed by atoms with van der Waals surface area (Å²) in [6, 6.07) is 9.45. The van der Waals surface area contributed by atoms with Gasteiger partial charge in [-0.25, -0.2) is 4.79 Å². The largest absolute Gasteiger partial charge is 0.497 e. The fraction of sp³-hybridized carbons (Fsp3) is 0.316. The highest BCUT2D eigenvalue weighted by atomic mass is 32.2. The van der Waals surface area contributed by atoms with Crippen molar-refractivity contribution in [2.75, 3.05) is 31.8 Å². The number of alkyl halides is 3. The van der Waals surface area contributed by atoms with Crippen LogP contribution in [0, 0.1) is 0 Å². The van der Waals surface area contributed by atoms with Crippen LogP contribution in [-0.4, -0.2) is 37.4 Å². The van der Waals surface area contributed by atoms with Gasteiger partial charge in [-0.1, -0.05) is 6.07 Å². The lowest BCUT2D eigenvalue weighted by atomic mass is 10.1. The van der Waals surface area contributed by atoms with E-state index in [-0.39, 0.29) is 11.1 Å². The molecule has 0 radical (unpaired) electrons. The average molecular weight is 412 g/mol. The van der Waals surface area contributed by atoms with Crippen molar-refractivity contribution in [2.24, 2.45) is 0 Å². The number of anilines is 1. The van der Waals surface area contributed by atoms with Gasteiger partial charge in [0.25, 0.3) is 0 Å². The Balaban J connectivity index is 1.81. The van der Waals surface area contributed by atoms with Gasteiger partial charge in [-0.3, -0.25) is 0 Å². The number of halogens is 3. The predicted octanol–water partition coefficient (Wildman–Crippen LogP) is 5.00. The molecular formula is C19H19F3N2O3S. The van der Waals surface area contributed by atoms with E-state index in [2.05, 4.69) is 5.32 Å². The third-order valence-corrected chi connectivity index (χ3v) is 5.54. The number of hydrogen-bond acceptors (Lipinski definition) is 4. The van der Waals surface area contributed by atoms with Crippen LogP contribution in [0.25, 0.3) is 0 Å². The molecule has 0 spiro atoms. The monoisotopic (exact) mass is 412 g/mol. The number of nitrogens with one attached hydrogen (secondary N) is 1. The second-order valence-electron chi connectivity index (χ2n) is 6.03. The summed E-state index contributed by atoms with van der Waals surface area (Å²) in [5.74, 6) is 1.91. The Morgan fingerprint density at radius 2 is 1.96 bits per heavy atom. The van der Waals surface area contributed by atoms with Gasteiger partial charge in [0.15, 0.2) is 0 Å². The van der Waals surface area contributed by atoms with Crippen molar-refractivity contribution in [3.8, 4) is 11.5 Å². The molecule has 1 atom stereocenters. The topological polar surface area (TPSA) is 50.8 Å². The van der Waals surface area contributed by atoms with E-state index in [1.807, 2.05) is 6.07 Å². The summed E-state index contributed by atoms with van der Waals surface area (Å²) >= 11 is 1.56. The molecule has 0 aromatic heterocycles. The number of benzene rings is 2. The van der Waals surface area contributed by atoms with E-state index in [0.717, 1.165) is 17.7 Å². The Labute approximate surface area is 164 Å². The molecule has 2 amide bonds. The number of ether oxygens (including phenoxy) is 2. The molecule has 0 aliphatic carbocycles. The zero-order valence-corrected chi connectivity index (χ0v) is 16.1. The fourth-order valence-electron chi connectivity index (χ4n) is 2.93. The molecule has 1 heterocycles. The van der Waals surface area contributed by atoms with Crippen LogP contribution in [0.5, 0.6) is 11.5 Å². The lowest BCUT2D eigenvalue weighted by Gasteiger charge is -2.26. The average Bonchev–Trinajstić information content (AvgIpc) is 3.16. The molecule has 1 unspecified atom stereocenters. The molecule has 1 aliphatic rings. The molecule has 1 fully saturated rings. The van der Waals surface area contributed by atoms with Gasteiger partial charge in [0.2, 0.25) is 0 Å². The standard InChI is InChI=1S/C19H19F3N2O3S/c1-26-14-6-7-15(16(11-14)27-2)17-24(8-9-28-17)18(25)23-13-5-3-4-12(10-13)19(20,21)22/h3-7,10-11,17H,8-9H2,1-2H3,(H,23,25). The first-order valence-corrected chi connectivity index (χ1v) is 9.47. The van der Waals surface area contributed by atoms with Crippen LogP contribution in [0.2, 0.25) is 0 Å². The van der Waals surface area contributed by atoms with Crippen molar-refractivity contribution in [1.82, 2.24) is 4.90 Å². The Kier molecular flexibility index (Phi) is 5.93. The zero-order valence-electron chi connectivity index (χ0n) is 15.2. The smallest absolute Gasteiger partial charge is 0.416 e. The highest BCUT2D eigenvalue weighted by Gasteiger charge is 2.34. The van der Waals surface area contributed by atoms with Crippen molar-refractivity contribution < 1.29 is 27.4 Å². The molecule has 2 aromatic carbocycles. The third kappa shape index (κ3) is 4.30. The minimum Gasteiger partial charge on any atom is -0.497 e. The van der Waals surface area contributed by atoms with Crippen LogP contribution in [0.4, 0.5) is 23.7 Å². The van der Waals surface area contributed by atoms with E-state index >= 15 is 0 Å². The molecule has 1 N–H and O–H groups in total. The summed E-state index contributed by atoms with van der Waals surface area (Å²) in [6.07, 6.45) is -4.47. The van der Waals surface area contributed by atoms with E-state index in [9.17, 15) is 18.0 Å².